The van der Waals surface area contributed by atoms with Crippen LogP contribution in [0.2, 0.25) is 0 Å². The third kappa shape index (κ3) is 3.51. The smallest absolute Gasteiger partial charge is 0.355 e. The zero-order valence-corrected chi connectivity index (χ0v) is 14.7. The summed E-state index contributed by atoms with van der Waals surface area (Å²) in [7, 11) is 0. The molecule has 0 saturated carbocycles. The molecule has 1 unspecified atom stereocenters. The molecule has 1 saturated heterocycles. The number of carbonyl (C=O) groups is 1. The first-order valence-electron chi connectivity index (χ1n) is 8.85. The third-order valence-corrected chi connectivity index (χ3v) is 4.90. The number of nitrogens with zero attached hydrogens (tertiary/aromatic N) is 3. The lowest BCUT2D eigenvalue weighted by molar-refractivity contribution is -0.137. The van der Waals surface area contributed by atoms with Crippen LogP contribution in [0, 0.1) is 0 Å². The standard InChI is InChI=1S/C19H17F3N4O2/c20-19(21,22)14-6-2-1-5-13(14)17-10-16(25-28-17)18(27)26-9-3-4-12(11-26)15-7-8-23-24-15/h1-2,5-8,10,12H,3-4,9,11H2,(H,23,24). The Labute approximate surface area is 158 Å². The Hall–Kier alpha value is -3.10. The van der Waals surface area contributed by atoms with Gasteiger partial charge in [0.25, 0.3) is 5.91 Å². The van der Waals surface area contributed by atoms with Gasteiger partial charge in [0, 0.05) is 42.5 Å². The molecule has 0 bridgehead atoms. The fraction of sp³-hybridized carbons (Fsp3) is 0.316. The molecule has 1 N–H and O–H groups in total. The molecule has 1 aliphatic heterocycles. The van der Waals surface area contributed by atoms with Gasteiger partial charge in [0.15, 0.2) is 11.5 Å². The average molecular weight is 390 g/mol. The number of piperidine rings is 1. The van der Waals surface area contributed by atoms with Crippen LogP contribution < -0.4 is 0 Å². The van der Waals surface area contributed by atoms with Gasteiger partial charge in [-0.05, 0) is 25.0 Å². The maximum absolute atomic E-state index is 13.2. The lowest BCUT2D eigenvalue weighted by atomic mass is 9.94. The molecule has 6 nitrogen and oxygen atoms in total. The molecule has 3 heterocycles. The van der Waals surface area contributed by atoms with Gasteiger partial charge < -0.3 is 9.42 Å². The minimum atomic E-state index is -4.53. The normalized spacial score (nSPS) is 17.7. The number of nitrogens with one attached hydrogen (secondary N) is 1. The molecule has 1 atom stereocenters. The van der Waals surface area contributed by atoms with E-state index in [-0.39, 0.29) is 28.8 Å². The van der Waals surface area contributed by atoms with Crippen LogP contribution in [-0.2, 0) is 6.18 Å². The van der Waals surface area contributed by atoms with Gasteiger partial charge in [-0.25, -0.2) is 0 Å². The van der Waals surface area contributed by atoms with E-state index >= 15 is 0 Å². The molecule has 1 aliphatic rings. The van der Waals surface area contributed by atoms with Crippen LogP contribution in [0.4, 0.5) is 13.2 Å². The van der Waals surface area contributed by atoms with Crippen LogP contribution in [0.5, 0.6) is 0 Å². The van der Waals surface area contributed by atoms with E-state index in [9.17, 15) is 18.0 Å². The van der Waals surface area contributed by atoms with Gasteiger partial charge in [-0.1, -0.05) is 23.4 Å². The summed E-state index contributed by atoms with van der Waals surface area (Å²) in [6, 6.07) is 8.20. The minimum absolute atomic E-state index is 0.00256. The molecule has 1 fully saturated rings. The van der Waals surface area contributed by atoms with Crippen molar-refractivity contribution in [3.05, 3.63) is 59.5 Å². The SMILES string of the molecule is O=C(c1cc(-c2ccccc2C(F)(F)F)on1)N1CCCC(c2ccn[nH]2)C1. The number of hydrogen-bond donors (Lipinski definition) is 1. The number of aromatic nitrogens is 3. The van der Waals surface area contributed by atoms with Crippen LogP contribution in [-0.4, -0.2) is 39.3 Å². The highest BCUT2D eigenvalue weighted by atomic mass is 19.4. The van der Waals surface area contributed by atoms with Gasteiger partial charge in [-0.15, -0.1) is 0 Å². The predicted octanol–water partition coefficient (Wildman–Crippen LogP) is 4.10. The Morgan fingerprint density at radius 1 is 1.25 bits per heavy atom. The molecular weight excluding hydrogens is 373 g/mol. The Bertz CT molecular complexity index is 966. The van der Waals surface area contributed by atoms with Crippen LogP contribution in [0.15, 0.2) is 47.1 Å². The topological polar surface area (TPSA) is 75.0 Å². The number of halogens is 3. The first-order chi connectivity index (χ1) is 13.4. The Kier molecular flexibility index (Phi) is 4.66. The van der Waals surface area contributed by atoms with Crippen molar-refractivity contribution in [1.82, 2.24) is 20.3 Å². The van der Waals surface area contributed by atoms with Crippen molar-refractivity contribution in [2.45, 2.75) is 24.9 Å². The van der Waals surface area contributed by atoms with Crippen LogP contribution in [0.1, 0.15) is 40.5 Å². The molecule has 146 valence electrons. The van der Waals surface area contributed by atoms with Gasteiger partial charge in [0.2, 0.25) is 0 Å². The monoisotopic (exact) mass is 390 g/mol. The highest BCUT2D eigenvalue weighted by Gasteiger charge is 2.35. The Morgan fingerprint density at radius 3 is 2.82 bits per heavy atom. The zero-order chi connectivity index (χ0) is 19.7. The van der Waals surface area contributed by atoms with Crippen LogP contribution in [0.3, 0.4) is 0 Å². The molecule has 0 radical (unpaired) electrons. The molecule has 28 heavy (non-hydrogen) atoms. The van der Waals surface area contributed by atoms with E-state index in [0.29, 0.717) is 13.1 Å². The second-order valence-electron chi connectivity index (χ2n) is 6.72. The van der Waals surface area contributed by atoms with Gasteiger partial charge in [0.05, 0.1) is 5.56 Å². The number of rotatable bonds is 3. The number of amides is 1. The van der Waals surface area contributed by atoms with Crippen molar-refractivity contribution in [3.8, 4) is 11.3 Å². The zero-order valence-electron chi connectivity index (χ0n) is 14.7. The second kappa shape index (κ2) is 7.14. The van der Waals surface area contributed by atoms with E-state index in [0.717, 1.165) is 24.6 Å². The number of benzene rings is 1. The van der Waals surface area contributed by atoms with E-state index in [1.807, 2.05) is 6.07 Å². The molecule has 0 spiro atoms. The molecule has 0 aliphatic carbocycles. The van der Waals surface area contributed by atoms with Crippen molar-refractivity contribution in [1.29, 1.82) is 0 Å². The highest BCUT2D eigenvalue weighted by molar-refractivity contribution is 5.93. The van der Waals surface area contributed by atoms with Crippen molar-refractivity contribution in [2.75, 3.05) is 13.1 Å². The van der Waals surface area contributed by atoms with Crippen molar-refractivity contribution >= 4 is 5.91 Å². The number of likely N-dealkylation sites (tertiary alicyclic amines) is 1. The van der Waals surface area contributed by atoms with Crippen molar-refractivity contribution in [2.24, 2.45) is 0 Å². The third-order valence-electron chi connectivity index (χ3n) is 4.90. The minimum Gasteiger partial charge on any atom is -0.355 e. The molecular formula is C19H17F3N4O2. The van der Waals surface area contributed by atoms with E-state index < -0.39 is 11.7 Å². The summed E-state index contributed by atoms with van der Waals surface area (Å²) < 4.78 is 44.8. The quantitative estimate of drug-likeness (QED) is 0.731. The number of alkyl halides is 3. The lowest BCUT2D eigenvalue weighted by Gasteiger charge is -2.31. The molecule has 3 aromatic rings. The first kappa shape index (κ1) is 18.3. The van der Waals surface area contributed by atoms with E-state index in [1.54, 1.807) is 11.1 Å². The summed E-state index contributed by atoms with van der Waals surface area (Å²) in [6.07, 6.45) is -1.12. The predicted molar refractivity (Wildman–Crippen MR) is 93.4 cm³/mol. The van der Waals surface area contributed by atoms with E-state index in [1.165, 1.54) is 24.3 Å². The fourth-order valence-corrected chi connectivity index (χ4v) is 3.52. The molecule has 4 rings (SSSR count). The fourth-order valence-electron chi connectivity index (χ4n) is 3.52. The number of H-pyrrole nitrogens is 1. The summed E-state index contributed by atoms with van der Waals surface area (Å²) in [6.45, 7) is 1.05. The Morgan fingerprint density at radius 2 is 2.07 bits per heavy atom. The summed E-state index contributed by atoms with van der Waals surface area (Å²) in [5.41, 5.74) is -0.0207. The average Bonchev–Trinajstić information content (AvgIpc) is 3.39. The maximum atomic E-state index is 13.2. The summed E-state index contributed by atoms with van der Waals surface area (Å²) in [4.78, 5) is 14.4. The summed E-state index contributed by atoms with van der Waals surface area (Å²) in [5, 5.41) is 10.6. The largest absolute Gasteiger partial charge is 0.417 e. The molecule has 1 aromatic carbocycles. The van der Waals surface area contributed by atoms with Crippen LogP contribution >= 0.6 is 0 Å². The van der Waals surface area contributed by atoms with Gasteiger partial charge >= 0.3 is 6.18 Å². The van der Waals surface area contributed by atoms with Gasteiger partial charge in [-0.3, -0.25) is 9.89 Å². The lowest BCUT2D eigenvalue weighted by Crippen LogP contribution is -2.39. The highest BCUT2D eigenvalue weighted by Crippen LogP contribution is 2.37. The van der Waals surface area contributed by atoms with E-state index in [2.05, 4.69) is 15.4 Å². The van der Waals surface area contributed by atoms with Crippen LogP contribution in [0.25, 0.3) is 11.3 Å². The number of hydrogen-bond acceptors (Lipinski definition) is 4. The van der Waals surface area contributed by atoms with Gasteiger partial charge in [-0.2, -0.15) is 18.3 Å². The Balaban J connectivity index is 1.56. The van der Waals surface area contributed by atoms with Gasteiger partial charge in [0.1, 0.15) is 0 Å². The summed E-state index contributed by atoms with van der Waals surface area (Å²) >= 11 is 0. The maximum Gasteiger partial charge on any atom is 0.417 e. The molecule has 9 heteroatoms. The van der Waals surface area contributed by atoms with Crippen molar-refractivity contribution < 1.29 is 22.5 Å². The summed E-state index contributed by atoms with van der Waals surface area (Å²) in [5.74, 6) is -0.306. The van der Waals surface area contributed by atoms with Crippen molar-refractivity contribution in [3.63, 3.8) is 0 Å². The first-order valence-corrected chi connectivity index (χ1v) is 8.85. The molecule has 2 aromatic heterocycles. The number of carbonyl (C=O) groups excluding carboxylic acids is 1. The number of aromatic amines is 1. The van der Waals surface area contributed by atoms with E-state index in [4.69, 9.17) is 4.52 Å². The second-order valence-corrected chi connectivity index (χ2v) is 6.72. The molecule has 1 amide bonds.